The first-order valence-electron chi connectivity index (χ1n) is 5.84. The van der Waals surface area contributed by atoms with Crippen molar-refractivity contribution >= 4 is 34.9 Å². The largest absolute Gasteiger partial charge is 0.545 e. The molecule has 0 fully saturated rings. The van der Waals surface area contributed by atoms with Crippen LogP contribution in [0.15, 0.2) is 42.5 Å². The molecule has 0 saturated heterocycles. The second-order valence-electron chi connectivity index (χ2n) is 3.69. The van der Waals surface area contributed by atoms with Crippen LogP contribution in [0, 0.1) is 0 Å². The molecule has 1 rings (SSSR count). The van der Waals surface area contributed by atoms with Crippen LogP contribution in [0.2, 0.25) is 0 Å². The molecular formula is C13H14N3O3S-. The lowest BCUT2D eigenvalue weighted by atomic mass is 10.3. The average molecular weight is 292 g/mol. The van der Waals surface area contributed by atoms with Gasteiger partial charge in [0.05, 0.1) is 5.97 Å². The van der Waals surface area contributed by atoms with E-state index in [1.165, 1.54) is 0 Å². The van der Waals surface area contributed by atoms with Gasteiger partial charge in [-0.3, -0.25) is 4.79 Å². The van der Waals surface area contributed by atoms with Crippen molar-refractivity contribution in [2.75, 3.05) is 18.4 Å². The second kappa shape index (κ2) is 8.65. The van der Waals surface area contributed by atoms with Gasteiger partial charge in [0, 0.05) is 24.9 Å². The van der Waals surface area contributed by atoms with Gasteiger partial charge in [0.1, 0.15) is 0 Å². The maximum atomic E-state index is 11.1. The van der Waals surface area contributed by atoms with E-state index in [0.29, 0.717) is 24.3 Å². The van der Waals surface area contributed by atoms with Crippen molar-refractivity contribution in [1.82, 2.24) is 10.6 Å². The molecule has 0 saturated carbocycles. The summed E-state index contributed by atoms with van der Waals surface area (Å²) in [5.41, 5.74) is 0.867. The Morgan fingerprint density at radius 2 is 1.75 bits per heavy atom. The highest BCUT2D eigenvalue weighted by molar-refractivity contribution is 7.80. The molecule has 0 spiro atoms. The van der Waals surface area contributed by atoms with Crippen molar-refractivity contribution in [1.29, 1.82) is 0 Å². The summed E-state index contributed by atoms with van der Waals surface area (Å²) in [6, 6.07) is 9.42. The minimum Gasteiger partial charge on any atom is -0.545 e. The predicted octanol–water partition coefficient (Wildman–Crippen LogP) is -0.605. The minimum absolute atomic E-state index is 0.312. The van der Waals surface area contributed by atoms with Crippen LogP contribution in [0.1, 0.15) is 0 Å². The number of rotatable bonds is 6. The van der Waals surface area contributed by atoms with Crippen LogP contribution in [0.5, 0.6) is 0 Å². The molecule has 106 valence electrons. The fourth-order valence-corrected chi connectivity index (χ4v) is 1.48. The number of para-hydroxylation sites is 1. The molecule has 7 heteroatoms. The monoisotopic (exact) mass is 292 g/mol. The summed E-state index contributed by atoms with van der Waals surface area (Å²) in [5.74, 6) is -1.91. The van der Waals surface area contributed by atoms with Crippen LogP contribution in [-0.2, 0) is 9.59 Å². The normalized spacial score (nSPS) is 10.0. The third-order valence-electron chi connectivity index (χ3n) is 2.11. The lowest BCUT2D eigenvalue weighted by Gasteiger charge is -2.10. The van der Waals surface area contributed by atoms with Crippen molar-refractivity contribution in [3.63, 3.8) is 0 Å². The van der Waals surface area contributed by atoms with Crippen LogP contribution < -0.4 is 21.1 Å². The van der Waals surface area contributed by atoms with Gasteiger partial charge in [-0.2, -0.15) is 0 Å². The van der Waals surface area contributed by atoms with Crippen molar-refractivity contribution in [3.8, 4) is 0 Å². The fourth-order valence-electron chi connectivity index (χ4n) is 1.26. The molecule has 0 radical (unpaired) electrons. The number of thiocarbonyl (C=S) groups is 1. The van der Waals surface area contributed by atoms with E-state index in [2.05, 4.69) is 16.0 Å². The molecule has 3 N–H and O–H groups in total. The number of carbonyl (C=O) groups is 2. The van der Waals surface area contributed by atoms with Crippen LogP contribution >= 0.6 is 12.2 Å². The first-order valence-corrected chi connectivity index (χ1v) is 6.25. The molecule has 0 aliphatic heterocycles. The Balaban J connectivity index is 2.16. The van der Waals surface area contributed by atoms with Crippen molar-refractivity contribution in [3.05, 3.63) is 42.5 Å². The number of hydrogen-bond acceptors (Lipinski definition) is 4. The van der Waals surface area contributed by atoms with Crippen molar-refractivity contribution in [2.24, 2.45) is 0 Å². The number of carboxylic acids is 1. The Labute approximate surface area is 121 Å². The third-order valence-corrected chi connectivity index (χ3v) is 2.36. The lowest BCUT2D eigenvalue weighted by molar-refractivity contribution is -0.297. The first kappa shape index (κ1) is 15.6. The summed E-state index contributed by atoms with van der Waals surface area (Å²) in [6.07, 6.45) is 1.57. The summed E-state index contributed by atoms with van der Waals surface area (Å²) in [4.78, 5) is 21.2. The summed E-state index contributed by atoms with van der Waals surface area (Å²) >= 11 is 5.07. The molecule has 1 amide bonds. The molecule has 1 aromatic carbocycles. The van der Waals surface area contributed by atoms with Gasteiger partial charge in [-0.1, -0.05) is 18.2 Å². The van der Waals surface area contributed by atoms with E-state index in [1.807, 2.05) is 30.3 Å². The average Bonchev–Trinajstić information content (AvgIpc) is 2.42. The highest BCUT2D eigenvalue weighted by Crippen LogP contribution is 2.03. The van der Waals surface area contributed by atoms with Gasteiger partial charge < -0.3 is 25.9 Å². The Kier molecular flexibility index (Phi) is 6.77. The van der Waals surface area contributed by atoms with E-state index in [-0.39, 0.29) is 0 Å². The summed E-state index contributed by atoms with van der Waals surface area (Å²) in [7, 11) is 0. The van der Waals surface area contributed by atoms with Gasteiger partial charge >= 0.3 is 0 Å². The van der Waals surface area contributed by atoms with Gasteiger partial charge in [-0.25, -0.2) is 0 Å². The molecule has 6 nitrogen and oxygen atoms in total. The third kappa shape index (κ3) is 7.12. The van der Waals surface area contributed by atoms with Gasteiger partial charge in [0.25, 0.3) is 0 Å². The molecule has 0 atom stereocenters. The van der Waals surface area contributed by atoms with E-state index < -0.39 is 11.9 Å². The van der Waals surface area contributed by atoms with Gasteiger partial charge in [0.15, 0.2) is 5.11 Å². The van der Waals surface area contributed by atoms with E-state index in [9.17, 15) is 14.7 Å². The number of aliphatic carboxylic acids is 1. The summed E-state index contributed by atoms with van der Waals surface area (Å²) in [6.45, 7) is 0.733. The number of amides is 1. The quantitative estimate of drug-likeness (QED) is 0.368. The van der Waals surface area contributed by atoms with Crippen LogP contribution in [0.3, 0.4) is 0 Å². The number of anilines is 1. The summed E-state index contributed by atoms with van der Waals surface area (Å²) < 4.78 is 0. The standard InChI is InChI=1S/C13H15N3O3S/c17-11(6-7-12(18)19)14-8-9-15-13(20)16-10-4-2-1-3-5-10/h1-7H,8-9H2,(H,14,17)(H,18,19)(H2,15,16,20)/p-1/b7-6+. The Bertz CT molecular complexity index is 503. The molecule has 0 aromatic heterocycles. The minimum atomic E-state index is -1.41. The summed E-state index contributed by atoms with van der Waals surface area (Å²) in [5, 5.41) is 18.9. The van der Waals surface area contributed by atoms with E-state index in [4.69, 9.17) is 12.2 Å². The van der Waals surface area contributed by atoms with Crippen molar-refractivity contribution < 1.29 is 14.7 Å². The number of nitrogens with one attached hydrogen (secondary N) is 3. The highest BCUT2D eigenvalue weighted by Gasteiger charge is 1.97. The number of hydrogen-bond donors (Lipinski definition) is 3. The molecule has 0 bridgehead atoms. The molecule has 20 heavy (non-hydrogen) atoms. The smallest absolute Gasteiger partial charge is 0.244 e. The molecule has 1 aromatic rings. The molecule has 0 aliphatic rings. The zero-order chi connectivity index (χ0) is 14.8. The van der Waals surface area contributed by atoms with Gasteiger partial charge in [0.2, 0.25) is 5.91 Å². The van der Waals surface area contributed by atoms with E-state index >= 15 is 0 Å². The molecule has 0 aliphatic carbocycles. The molecular weight excluding hydrogens is 278 g/mol. The number of carboxylic acid groups (broad SMARTS) is 1. The Morgan fingerprint density at radius 3 is 2.40 bits per heavy atom. The van der Waals surface area contributed by atoms with Gasteiger partial charge in [-0.15, -0.1) is 0 Å². The Morgan fingerprint density at radius 1 is 1.10 bits per heavy atom. The lowest BCUT2D eigenvalue weighted by Crippen LogP contribution is -2.36. The zero-order valence-electron chi connectivity index (χ0n) is 10.6. The highest BCUT2D eigenvalue weighted by atomic mass is 32.1. The topological polar surface area (TPSA) is 93.3 Å². The van der Waals surface area contributed by atoms with E-state index in [0.717, 1.165) is 11.8 Å². The number of carbonyl (C=O) groups excluding carboxylic acids is 2. The van der Waals surface area contributed by atoms with E-state index in [1.54, 1.807) is 0 Å². The zero-order valence-corrected chi connectivity index (χ0v) is 11.4. The maximum absolute atomic E-state index is 11.1. The number of benzene rings is 1. The van der Waals surface area contributed by atoms with Crippen molar-refractivity contribution in [2.45, 2.75) is 0 Å². The maximum Gasteiger partial charge on any atom is 0.244 e. The first-order chi connectivity index (χ1) is 9.58. The molecule has 0 heterocycles. The fraction of sp³-hybridized carbons (Fsp3) is 0.154. The molecule has 0 unspecified atom stereocenters. The van der Waals surface area contributed by atoms with Gasteiger partial charge in [-0.05, 0) is 30.4 Å². The predicted molar refractivity (Wildman–Crippen MR) is 77.8 cm³/mol. The van der Waals surface area contributed by atoms with Crippen LogP contribution in [-0.4, -0.2) is 30.1 Å². The Hall–Kier alpha value is -2.41. The SMILES string of the molecule is O=C([O-])/C=C/C(=O)NCCNC(=S)Nc1ccccc1. The van der Waals surface area contributed by atoms with Crippen LogP contribution in [0.4, 0.5) is 5.69 Å². The van der Waals surface area contributed by atoms with Crippen LogP contribution in [0.25, 0.3) is 0 Å². The second-order valence-corrected chi connectivity index (χ2v) is 4.10.